The Kier molecular flexibility index (Phi) is 7.94. The number of rotatable bonds is 8. The largest absolute Gasteiger partial charge is 0.504 e. The van der Waals surface area contributed by atoms with Crippen molar-refractivity contribution >= 4 is 11.8 Å². The maximum Gasteiger partial charge on any atom is 0.338 e. The van der Waals surface area contributed by atoms with Gasteiger partial charge in [0.25, 0.3) is 0 Å². The first-order valence-corrected chi connectivity index (χ1v) is 10.3. The van der Waals surface area contributed by atoms with Crippen LogP contribution in [0.1, 0.15) is 27.6 Å². The fourth-order valence-electron chi connectivity index (χ4n) is 3.31. The molecular weight excluding hydrogens is 452 g/mol. The lowest BCUT2D eigenvalue weighted by Crippen LogP contribution is -2.60. The Labute approximate surface area is 195 Å². The average Bonchev–Trinajstić information content (AvgIpc) is 2.83. The number of ether oxygens (including phenoxy) is 5. The number of hydrogen-bond donors (Lipinski definition) is 4. The van der Waals surface area contributed by atoms with E-state index in [1.807, 2.05) is 0 Å². The van der Waals surface area contributed by atoms with Gasteiger partial charge in [-0.2, -0.15) is 0 Å². The van der Waals surface area contributed by atoms with Crippen LogP contribution in [0.25, 0.3) is 0 Å². The zero-order valence-corrected chi connectivity index (χ0v) is 18.7. The number of benzene rings is 2. The van der Waals surface area contributed by atoms with E-state index in [2.05, 4.69) is 0 Å². The summed E-state index contributed by atoms with van der Waals surface area (Å²) in [6.07, 6.45) is -7.58. The van der Waals surface area contributed by atoms with Crippen molar-refractivity contribution in [3.05, 3.63) is 47.5 Å². The quantitative estimate of drug-likeness (QED) is 0.311. The zero-order chi connectivity index (χ0) is 25.0. The van der Waals surface area contributed by atoms with E-state index in [9.17, 15) is 30.0 Å². The molecule has 0 spiro atoms. The van der Waals surface area contributed by atoms with E-state index < -0.39 is 43.3 Å². The molecule has 0 radical (unpaired) electrons. The number of methoxy groups -OCH3 is 2. The number of hydrogen-bond acceptors (Lipinski definition) is 11. The van der Waals surface area contributed by atoms with Crippen LogP contribution in [0.15, 0.2) is 36.4 Å². The Hall–Kier alpha value is -3.38. The Bertz CT molecular complexity index is 1040. The number of esters is 1. The molecule has 0 unspecified atom stereocenters. The van der Waals surface area contributed by atoms with Crippen molar-refractivity contribution in [2.24, 2.45) is 0 Å². The minimum absolute atomic E-state index is 0.0696. The summed E-state index contributed by atoms with van der Waals surface area (Å²) in [4.78, 5) is 24.0. The number of aliphatic hydroxyl groups excluding tert-OH is 3. The normalized spacial score (nSPS) is 24.2. The number of carbonyl (C=O) groups is 2. The first-order chi connectivity index (χ1) is 16.2. The first-order valence-electron chi connectivity index (χ1n) is 10.3. The minimum Gasteiger partial charge on any atom is -0.504 e. The lowest BCUT2D eigenvalue weighted by molar-refractivity contribution is -0.277. The summed E-state index contributed by atoms with van der Waals surface area (Å²) in [7, 11) is 2.69. The number of phenolic OH excluding ortho intramolecular Hbond substituents is 1. The molecule has 11 heteroatoms. The second kappa shape index (κ2) is 10.7. The van der Waals surface area contributed by atoms with E-state index >= 15 is 0 Å². The van der Waals surface area contributed by atoms with Crippen LogP contribution in [0, 0.1) is 0 Å². The third kappa shape index (κ3) is 5.39. The fraction of sp³-hybridized carbons (Fsp3) is 0.391. The van der Waals surface area contributed by atoms with E-state index in [0.29, 0.717) is 5.56 Å². The highest BCUT2D eigenvalue weighted by molar-refractivity contribution is 5.94. The standard InChI is InChI=1S/C23H26O11/c1-11(24)12-5-7-15(17(8-12)31-3)33-23-21(28)20(27)19(26)18(34-23)10-32-22(29)13-4-6-14(25)16(9-13)30-2/h4-9,18-21,23,25-28H,10H2,1-3H3/t18-,19-,20+,21-,23-/m1/s1. The van der Waals surface area contributed by atoms with Crippen LogP contribution >= 0.6 is 0 Å². The van der Waals surface area contributed by atoms with Gasteiger partial charge in [-0.25, -0.2) is 4.79 Å². The van der Waals surface area contributed by atoms with Crippen LogP contribution in [-0.4, -0.2) is 83.7 Å². The molecule has 0 aromatic heterocycles. The Morgan fingerprint density at radius 2 is 1.53 bits per heavy atom. The maximum atomic E-state index is 12.4. The molecule has 1 aliphatic rings. The van der Waals surface area contributed by atoms with Gasteiger partial charge in [0.15, 0.2) is 28.8 Å². The van der Waals surface area contributed by atoms with Crippen molar-refractivity contribution in [1.29, 1.82) is 0 Å². The average molecular weight is 478 g/mol. The molecular formula is C23H26O11. The van der Waals surface area contributed by atoms with Gasteiger partial charge in [-0.05, 0) is 43.3 Å². The highest BCUT2D eigenvalue weighted by atomic mass is 16.7. The predicted molar refractivity (Wildman–Crippen MR) is 115 cm³/mol. The number of aliphatic hydroxyl groups is 3. The molecule has 1 aliphatic heterocycles. The molecule has 184 valence electrons. The summed E-state index contributed by atoms with van der Waals surface area (Å²) in [5, 5.41) is 40.5. The SMILES string of the molecule is COc1cc(C(=O)OC[C@H]2O[C@@H](Oc3ccc(C(C)=O)cc3OC)[C@H](O)[C@@H](O)[C@@H]2O)ccc1O. The molecule has 4 N–H and O–H groups in total. The summed E-state index contributed by atoms with van der Waals surface area (Å²) < 4.78 is 26.6. The minimum atomic E-state index is -1.67. The van der Waals surface area contributed by atoms with Crippen LogP contribution in [-0.2, 0) is 9.47 Å². The van der Waals surface area contributed by atoms with Crippen LogP contribution in [0.4, 0.5) is 0 Å². The van der Waals surface area contributed by atoms with Crippen molar-refractivity contribution in [3.8, 4) is 23.0 Å². The summed E-state index contributed by atoms with van der Waals surface area (Å²) in [6, 6.07) is 8.23. The number of phenols is 1. The van der Waals surface area contributed by atoms with Crippen molar-refractivity contribution in [3.63, 3.8) is 0 Å². The van der Waals surface area contributed by atoms with Gasteiger partial charge in [-0.15, -0.1) is 0 Å². The molecule has 0 bridgehead atoms. The molecule has 2 aromatic carbocycles. The number of Topliss-reactive ketones (excluding diaryl/α,β-unsaturated/α-hetero) is 1. The number of ketones is 1. The van der Waals surface area contributed by atoms with Crippen molar-refractivity contribution in [2.75, 3.05) is 20.8 Å². The predicted octanol–water partition coefficient (Wildman–Crippen LogP) is 0.655. The number of carbonyl (C=O) groups excluding carboxylic acids is 2. The van der Waals surface area contributed by atoms with E-state index in [0.717, 1.165) is 0 Å². The third-order valence-corrected chi connectivity index (χ3v) is 5.28. The van der Waals surface area contributed by atoms with Gasteiger partial charge in [0.1, 0.15) is 31.0 Å². The molecule has 11 nitrogen and oxygen atoms in total. The summed E-state index contributed by atoms with van der Waals surface area (Å²) in [6.45, 7) is 0.911. The second-order valence-electron chi connectivity index (χ2n) is 7.54. The molecule has 0 saturated carbocycles. The Balaban J connectivity index is 1.71. The number of aromatic hydroxyl groups is 1. The third-order valence-electron chi connectivity index (χ3n) is 5.28. The smallest absolute Gasteiger partial charge is 0.338 e. The highest BCUT2D eigenvalue weighted by Crippen LogP contribution is 2.32. The van der Waals surface area contributed by atoms with Gasteiger partial charge >= 0.3 is 5.97 Å². The molecule has 1 fully saturated rings. The molecule has 5 atom stereocenters. The molecule has 34 heavy (non-hydrogen) atoms. The van der Waals surface area contributed by atoms with Crippen LogP contribution in [0.2, 0.25) is 0 Å². The van der Waals surface area contributed by atoms with E-state index in [1.54, 1.807) is 0 Å². The van der Waals surface area contributed by atoms with Crippen LogP contribution in [0.5, 0.6) is 23.0 Å². The van der Waals surface area contributed by atoms with E-state index in [1.165, 1.54) is 57.5 Å². The van der Waals surface area contributed by atoms with Gasteiger partial charge in [0, 0.05) is 5.56 Å². The van der Waals surface area contributed by atoms with Gasteiger partial charge in [0.05, 0.1) is 19.8 Å². The second-order valence-corrected chi connectivity index (χ2v) is 7.54. The molecule has 2 aromatic rings. The van der Waals surface area contributed by atoms with Gasteiger partial charge < -0.3 is 44.1 Å². The van der Waals surface area contributed by atoms with Gasteiger partial charge in [0.2, 0.25) is 6.29 Å². The van der Waals surface area contributed by atoms with Gasteiger partial charge in [-0.3, -0.25) is 4.79 Å². The fourth-order valence-corrected chi connectivity index (χ4v) is 3.31. The molecule has 3 rings (SSSR count). The van der Waals surface area contributed by atoms with Gasteiger partial charge in [-0.1, -0.05) is 0 Å². The highest BCUT2D eigenvalue weighted by Gasteiger charge is 2.45. The summed E-state index contributed by atoms with van der Waals surface area (Å²) >= 11 is 0. The van der Waals surface area contributed by atoms with E-state index in [4.69, 9.17) is 23.7 Å². The van der Waals surface area contributed by atoms with Crippen molar-refractivity contribution in [1.82, 2.24) is 0 Å². The monoisotopic (exact) mass is 478 g/mol. The van der Waals surface area contributed by atoms with Crippen molar-refractivity contribution in [2.45, 2.75) is 37.6 Å². The summed E-state index contributed by atoms with van der Waals surface area (Å²) in [5.41, 5.74) is 0.448. The molecule has 1 heterocycles. The molecule has 0 amide bonds. The summed E-state index contributed by atoms with van der Waals surface area (Å²) in [5.74, 6) is -0.770. The van der Waals surface area contributed by atoms with E-state index in [-0.39, 0.29) is 34.3 Å². The molecule has 1 saturated heterocycles. The van der Waals surface area contributed by atoms with Crippen LogP contribution in [0.3, 0.4) is 0 Å². The Morgan fingerprint density at radius 1 is 0.882 bits per heavy atom. The lowest BCUT2D eigenvalue weighted by atomic mass is 9.99. The lowest BCUT2D eigenvalue weighted by Gasteiger charge is -2.40. The zero-order valence-electron chi connectivity index (χ0n) is 18.7. The van der Waals surface area contributed by atoms with Crippen LogP contribution < -0.4 is 14.2 Å². The first kappa shape index (κ1) is 25.2. The molecule has 0 aliphatic carbocycles. The van der Waals surface area contributed by atoms with Crippen molar-refractivity contribution < 1.29 is 53.7 Å². The Morgan fingerprint density at radius 3 is 2.18 bits per heavy atom. The maximum absolute atomic E-state index is 12.4. The topological polar surface area (TPSA) is 161 Å².